The fourth-order valence-electron chi connectivity index (χ4n) is 4.25. The Morgan fingerprint density at radius 3 is 2.39 bits per heavy atom. The summed E-state index contributed by atoms with van der Waals surface area (Å²) < 4.78 is 39.0. The third-order valence-electron chi connectivity index (χ3n) is 6.57. The molecule has 1 unspecified atom stereocenters. The number of hydrogen-bond acceptors (Lipinski definition) is 5. The fourth-order valence-corrected chi connectivity index (χ4v) is 5.80. The van der Waals surface area contributed by atoms with Crippen LogP contribution < -0.4 is 14.8 Å². The second-order valence-electron chi connectivity index (χ2n) is 8.91. The molecule has 33 heavy (non-hydrogen) atoms. The van der Waals surface area contributed by atoms with Crippen LogP contribution in [0.15, 0.2) is 41.3 Å². The van der Waals surface area contributed by atoms with Crippen molar-refractivity contribution in [2.75, 3.05) is 26.3 Å². The van der Waals surface area contributed by atoms with E-state index < -0.39 is 10.0 Å². The molecule has 0 bridgehead atoms. The molecule has 2 aliphatic rings. The number of nitrogens with zero attached hydrogens (tertiary/aromatic N) is 1. The molecule has 1 N–H and O–H groups in total. The average molecular weight is 473 g/mol. The number of hydrogen-bond donors (Lipinski definition) is 1. The van der Waals surface area contributed by atoms with Gasteiger partial charge in [-0.2, -0.15) is 4.31 Å². The number of piperidine rings is 1. The van der Waals surface area contributed by atoms with Crippen molar-refractivity contribution in [3.63, 3.8) is 0 Å². The predicted octanol–water partition coefficient (Wildman–Crippen LogP) is 3.74. The normalized spacial score (nSPS) is 18.4. The highest BCUT2D eigenvalue weighted by atomic mass is 32.2. The van der Waals surface area contributed by atoms with Crippen molar-refractivity contribution in [1.82, 2.24) is 9.62 Å². The van der Waals surface area contributed by atoms with Gasteiger partial charge in [0.25, 0.3) is 0 Å². The van der Waals surface area contributed by atoms with E-state index in [0.717, 1.165) is 28.9 Å². The molecular weight excluding hydrogens is 440 g/mol. The summed E-state index contributed by atoms with van der Waals surface area (Å²) in [6.07, 6.45) is 1.85. The van der Waals surface area contributed by atoms with E-state index in [2.05, 4.69) is 5.32 Å². The largest absolute Gasteiger partial charge is 0.490 e. The Bertz CT molecular complexity index is 1120. The minimum Gasteiger partial charge on any atom is -0.490 e. The molecule has 4 rings (SSSR count). The maximum Gasteiger partial charge on any atom is 0.243 e. The van der Waals surface area contributed by atoms with Gasteiger partial charge >= 0.3 is 0 Å². The Labute approximate surface area is 196 Å². The van der Waals surface area contributed by atoms with Crippen molar-refractivity contribution < 1.29 is 22.7 Å². The van der Waals surface area contributed by atoms with E-state index in [1.807, 2.05) is 45.0 Å². The van der Waals surface area contributed by atoms with E-state index in [9.17, 15) is 13.2 Å². The monoisotopic (exact) mass is 472 g/mol. The van der Waals surface area contributed by atoms with Gasteiger partial charge in [0.15, 0.2) is 11.5 Å². The zero-order valence-electron chi connectivity index (χ0n) is 19.5. The molecular formula is C25H32N2O5S. The third kappa shape index (κ3) is 5.17. The molecule has 1 amide bonds. The van der Waals surface area contributed by atoms with E-state index in [-0.39, 0.29) is 17.9 Å². The number of amides is 1. The van der Waals surface area contributed by atoms with E-state index in [1.165, 1.54) is 4.31 Å². The summed E-state index contributed by atoms with van der Waals surface area (Å²) in [5.41, 5.74) is 2.96. The predicted molar refractivity (Wildman–Crippen MR) is 126 cm³/mol. The van der Waals surface area contributed by atoms with Gasteiger partial charge < -0.3 is 14.8 Å². The summed E-state index contributed by atoms with van der Waals surface area (Å²) in [6.45, 7) is 7.74. The number of fused-ring (bicyclic) bond motifs is 1. The Balaban J connectivity index is 1.35. The number of rotatable bonds is 5. The van der Waals surface area contributed by atoms with Crippen LogP contribution in [0.25, 0.3) is 0 Å². The van der Waals surface area contributed by atoms with Crippen molar-refractivity contribution in [3.8, 4) is 11.5 Å². The zero-order valence-corrected chi connectivity index (χ0v) is 20.3. The van der Waals surface area contributed by atoms with Crippen LogP contribution in [0.4, 0.5) is 0 Å². The van der Waals surface area contributed by atoms with Crippen molar-refractivity contribution >= 4 is 15.9 Å². The standard InChI is InChI=1S/C25H32N2O5S/c1-17-5-7-22(15-18(17)2)33(29,30)27-11-9-20(10-12-27)25(28)26-19(3)21-6-8-23-24(16-21)32-14-4-13-31-23/h5-8,15-16,19-20H,4,9-14H2,1-3H3,(H,26,28). The number of nitrogens with one attached hydrogen (secondary N) is 1. The van der Waals surface area contributed by atoms with Crippen LogP contribution in [0, 0.1) is 19.8 Å². The maximum atomic E-state index is 13.0. The van der Waals surface area contributed by atoms with E-state index >= 15 is 0 Å². The first-order valence-electron chi connectivity index (χ1n) is 11.5. The van der Waals surface area contributed by atoms with Gasteiger partial charge in [-0.1, -0.05) is 12.1 Å². The summed E-state index contributed by atoms with van der Waals surface area (Å²) in [6, 6.07) is 10.8. The Morgan fingerprint density at radius 2 is 1.70 bits per heavy atom. The molecule has 2 aromatic rings. The van der Waals surface area contributed by atoms with Crippen molar-refractivity contribution in [2.45, 2.75) is 51.0 Å². The van der Waals surface area contributed by atoms with Gasteiger partial charge in [-0.05, 0) is 74.6 Å². The first-order chi connectivity index (χ1) is 15.8. The SMILES string of the molecule is Cc1ccc(S(=O)(=O)N2CCC(C(=O)NC(C)c3ccc4c(c3)OCCCO4)CC2)cc1C. The van der Waals surface area contributed by atoms with Gasteiger partial charge in [-0.25, -0.2) is 8.42 Å². The number of ether oxygens (including phenoxy) is 2. The molecule has 2 heterocycles. The number of sulfonamides is 1. The first kappa shape index (κ1) is 23.6. The number of carbonyl (C=O) groups is 1. The van der Waals surface area contributed by atoms with E-state index in [0.29, 0.717) is 49.8 Å². The van der Waals surface area contributed by atoms with Crippen LogP contribution >= 0.6 is 0 Å². The first-order valence-corrected chi connectivity index (χ1v) is 13.0. The van der Waals surface area contributed by atoms with Gasteiger partial charge in [0.1, 0.15) is 0 Å². The summed E-state index contributed by atoms with van der Waals surface area (Å²) in [5.74, 6) is 1.18. The lowest BCUT2D eigenvalue weighted by Gasteiger charge is -2.31. The Kier molecular flexibility index (Phi) is 6.95. The number of aryl methyl sites for hydroxylation is 2. The lowest BCUT2D eigenvalue weighted by Crippen LogP contribution is -2.43. The smallest absolute Gasteiger partial charge is 0.243 e. The van der Waals surface area contributed by atoms with Gasteiger partial charge in [0, 0.05) is 25.4 Å². The lowest BCUT2D eigenvalue weighted by atomic mass is 9.96. The summed E-state index contributed by atoms with van der Waals surface area (Å²) in [4.78, 5) is 13.2. The highest BCUT2D eigenvalue weighted by Gasteiger charge is 2.32. The highest BCUT2D eigenvalue weighted by Crippen LogP contribution is 2.32. The molecule has 2 aromatic carbocycles. The molecule has 0 aliphatic carbocycles. The van der Waals surface area contributed by atoms with E-state index in [1.54, 1.807) is 12.1 Å². The minimum atomic E-state index is -3.55. The lowest BCUT2D eigenvalue weighted by molar-refractivity contribution is -0.126. The molecule has 1 saturated heterocycles. The Hall–Kier alpha value is -2.58. The third-order valence-corrected chi connectivity index (χ3v) is 8.47. The summed E-state index contributed by atoms with van der Waals surface area (Å²) >= 11 is 0. The highest BCUT2D eigenvalue weighted by molar-refractivity contribution is 7.89. The summed E-state index contributed by atoms with van der Waals surface area (Å²) in [7, 11) is -3.55. The van der Waals surface area contributed by atoms with Crippen molar-refractivity contribution in [1.29, 1.82) is 0 Å². The molecule has 8 heteroatoms. The quantitative estimate of drug-likeness (QED) is 0.717. The average Bonchev–Trinajstić information content (AvgIpc) is 3.05. The van der Waals surface area contributed by atoms with Crippen LogP contribution in [-0.4, -0.2) is 44.9 Å². The molecule has 7 nitrogen and oxygen atoms in total. The minimum absolute atomic E-state index is 0.0437. The molecule has 0 saturated carbocycles. The van der Waals surface area contributed by atoms with Crippen LogP contribution in [0.5, 0.6) is 11.5 Å². The van der Waals surface area contributed by atoms with Crippen molar-refractivity contribution in [2.24, 2.45) is 5.92 Å². The molecule has 0 spiro atoms. The molecule has 1 fully saturated rings. The second-order valence-corrected chi connectivity index (χ2v) is 10.8. The van der Waals surface area contributed by atoms with Gasteiger partial charge in [-0.3, -0.25) is 4.79 Å². The molecule has 1 atom stereocenters. The fraction of sp³-hybridized carbons (Fsp3) is 0.480. The maximum absolute atomic E-state index is 13.0. The van der Waals surface area contributed by atoms with Crippen LogP contribution in [0.1, 0.15) is 48.9 Å². The van der Waals surface area contributed by atoms with Gasteiger partial charge in [-0.15, -0.1) is 0 Å². The van der Waals surface area contributed by atoms with E-state index in [4.69, 9.17) is 9.47 Å². The van der Waals surface area contributed by atoms with Crippen LogP contribution in [-0.2, 0) is 14.8 Å². The second kappa shape index (κ2) is 9.73. The number of carbonyl (C=O) groups excluding carboxylic acids is 1. The molecule has 0 aromatic heterocycles. The number of benzene rings is 2. The Morgan fingerprint density at radius 1 is 1.00 bits per heavy atom. The van der Waals surface area contributed by atoms with Gasteiger partial charge in [0.05, 0.1) is 24.2 Å². The zero-order chi connectivity index (χ0) is 23.6. The van der Waals surface area contributed by atoms with Crippen LogP contribution in [0.2, 0.25) is 0 Å². The summed E-state index contributed by atoms with van der Waals surface area (Å²) in [5, 5.41) is 3.08. The molecule has 0 radical (unpaired) electrons. The molecule has 178 valence electrons. The topological polar surface area (TPSA) is 84.9 Å². The van der Waals surface area contributed by atoms with Gasteiger partial charge in [0.2, 0.25) is 15.9 Å². The molecule has 2 aliphatic heterocycles. The van der Waals surface area contributed by atoms with Crippen LogP contribution in [0.3, 0.4) is 0 Å². The van der Waals surface area contributed by atoms with Crippen molar-refractivity contribution in [3.05, 3.63) is 53.1 Å².